The van der Waals surface area contributed by atoms with Crippen LogP contribution in [0, 0.1) is 0 Å². The molecule has 0 bridgehead atoms. The van der Waals surface area contributed by atoms with E-state index in [0.717, 1.165) is 118 Å². The van der Waals surface area contributed by atoms with E-state index in [1.165, 1.54) is 0 Å². The van der Waals surface area contributed by atoms with E-state index in [2.05, 4.69) is 167 Å². The van der Waals surface area contributed by atoms with Crippen molar-refractivity contribution in [2.45, 2.75) is 125 Å². The van der Waals surface area contributed by atoms with Crippen LogP contribution in [0.3, 0.4) is 0 Å². The van der Waals surface area contributed by atoms with Crippen molar-refractivity contribution in [1.29, 1.82) is 0 Å². The molecule has 0 spiro atoms. The summed E-state index contributed by atoms with van der Waals surface area (Å²) < 4.78 is 58.2. The molecule has 0 unspecified atom stereocenters. The zero-order valence-corrected chi connectivity index (χ0v) is 41.9. The van der Waals surface area contributed by atoms with Gasteiger partial charge in [-0.05, 0) is 0 Å². The Kier molecular flexibility index (Phi) is 26.8. The van der Waals surface area contributed by atoms with Crippen molar-refractivity contribution in [3.8, 4) is 0 Å². The first-order valence-electron chi connectivity index (χ1n) is 21.6. The quantitative estimate of drug-likeness (QED) is 0.0653. The highest BCUT2D eigenvalue weighted by atomic mass is 31.3. The minimum Gasteiger partial charge on any atom is -0.246 e. The molecule has 0 heterocycles. The van der Waals surface area contributed by atoms with E-state index in [9.17, 15) is 0 Å². The third-order valence-electron chi connectivity index (χ3n) is 10.7. The van der Waals surface area contributed by atoms with Crippen molar-refractivity contribution >= 4 is 30.1 Å². The van der Waals surface area contributed by atoms with Gasteiger partial charge in [-0.2, -0.15) is 13.5 Å². The van der Waals surface area contributed by atoms with Crippen molar-refractivity contribution in [2.24, 2.45) is 13.5 Å². The van der Waals surface area contributed by atoms with Crippen molar-refractivity contribution in [2.75, 3.05) is 118 Å². The van der Waals surface area contributed by atoms with Gasteiger partial charge in [0.15, 0.2) is 22.5 Å². The summed E-state index contributed by atoms with van der Waals surface area (Å²) in [5.41, 5.74) is 0. The summed E-state index contributed by atoms with van der Waals surface area (Å²) in [6, 6.07) is 0. The summed E-state index contributed by atoms with van der Waals surface area (Å²) in [4.78, 5) is 0. The fourth-order valence-electron chi connectivity index (χ4n) is 8.07. The van der Waals surface area contributed by atoms with Crippen LogP contribution in [-0.4, -0.2) is 160 Å². The van der Waals surface area contributed by atoms with E-state index < -0.39 is 30.1 Å². The second kappa shape index (κ2) is 26.5. The molecule has 0 fully saturated rings. The molecule has 0 rings (SSSR count). The molecule has 0 aliphatic rings. The first-order chi connectivity index (χ1) is 25.3. The molecule has 0 N–H and O–H groups in total. The molecule has 0 atom stereocenters. The van der Waals surface area contributed by atoms with Crippen LogP contribution in [0.15, 0.2) is 13.5 Å². The SMILES string of the molecule is CCN(CC)P(=NP(=O)(N=P(N(CC)CC)(N(CC)CC)N(CC)CC)N=P(N(CC)CC)(N(CC)CC)N(CC)CC)(N(CC)CC)N(CC)CC. The van der Waals surface area contributed by atoms with Crippen LogP contribution in [0.25, 0.3) is 0 Å². The maximum Gasteiger partial charge on any atom is 0.421 e. The number of rotatable bonds is 30. The lowest BCUT2D eigenvalue weighted by atomic mass is 10.7. The van der Waals surface area contributed by atoms with Crippen LogP contribution in [0.2, 0.25) is 0 Å². The molecule has 0 saturated heterocycles. The van der Waals surface area contributed by atoms with E-state index in [4.69, 9.17) is 13.5 Å². The molecule has 0 aromatic rings. The lowest BCUT2D eigenvalue weighted by Gasteiger charge is -2.51. The lowest BCUT2D eigenvalue weighted by molar-refractivity contribution is 0.338. The Morgan fingerprint density at radius 2 is 0.340 bits per heavy atom. The van der Waals surface area contributed by atoms with Gasteiger partial charge < -0.3 is 0 Å². The highest BCUT2D eigenvalue weighted by molar-refractivity contribution is 7.79. The monoisotopic (exact) mass is 831 g/mol. The summed E-state index contributed by atoms with van der Waals surface area (Å²) in [5.74, 6) is 0. The Labute approximate surface area is 331 Å². The van der Waals surface area contributed by atoms with Gasteiger partial charge >= 0.3 is 7.59 Å². The van der Waals surface area contributed by atoms with Crippen molar-refractivity contribution < 1.29 is 4.57 Å². The maximum atomic E-state index is 17.4. The van der Waals surface area contributed by atoms with Gasteiger partial charge in [-0.1, -0.05) is 125 Å². The smallest absolute Gasteiger partial charge is 0.246 e. The molecular weight excluding hydrogens is 740 g/mol. The van der Waals surface area contributed by atoms with E-state index in [1.54, 1.807) is 0 Å². The average molecular weight is 831 g/mol. The predicted octanol–water partition coefficient (Wildman–Crippen LogP) is 11.0. The summed E-state index contributed by atoms with van der Waals surface area (Å²) in [7, 11) is -12.6. The normalized spacial score (nSPS) is 13.8. The summed E-state index contributed by atoms with van der Waals surface area (Å²) >= 11 is 0. The molecule has 0 aromatic carbocycles. The third kappa shape index (κ3) is 11.4. The highest BCUT2D eigenvalue weighted by Gasteiger charge is 2.48. The van der Waals surface area contributed by atoms with Gasteiger partial charge in [0, 0.05) is 118 Å². The van der Waals surface area contributed by atoms with E-state index >= 15 is 4.57 Å². The first-order valence-corrected chi connectivity index (χ1v) is 28.0. The second-order valence-electron chi connectivity index (χ2n) is 12.6. The number of hydrogen-bond donors (Lipinski definition) is 0. The number of nitrogens with zero attached hydrogens (tertiary/aromatic N) is 12. The molecule has 53 heavy (non-hydrogen) atoms. The van der Waals surface area contributed by atoms with Gasteiger partial charge in [0.1, 0.15) is 0 Å². The van der Waals surface area contributed by atoms with Crippen LogP contribution in [-0.2, 0) is 4.57 Å². The van der Waals surface area contributed by atoms with E-state index in [1.807, 2.05) is 0 Å². The minimum absolute atomic E-state index is 0.797. The molecule has 0 radical (unpaired) electrons. The molecule has 0 amide bonds. The molecule has 0 aromatic heterocycles. The zero-order chi connectivity index (χ0) is 41.0. The van der Waals surface area contributed by atoms with Crippen molar-refractivity contribution in [3.63, 3.8) is 0 Å². The number of hydrogen-bond acceptors (Lipinski definition) is 1. The zero-order valence-electron chi connectivity index (χ0n) is 38.3. The van der Waals surface area contributed by atoms with E-state index in [-0.39, 0.29) is 0 Å². The van der Waals surface area contributed by atoms with Gasteiger partial charge in [0.05, 0.1) is 0 Å². The maximum absolute atomic E-state index is 17.4. The molecule has 0 aliphatic heterocycles. The van der Waals surface area contributed by atoms with Gasteiger partial charge in [0.25, 0.3) is 0 Å². The fourth-order valence-corrected chi connectivity index (χ4v) is 27.3. The first kappa shape index (κ1) is 53.6. The van der Waals surface area contributed by atoms with E-state index in [0.29, 0.717) is 0 Å². The Morgan fingerprint density at radius 3 is 0.415 bits per heavy atom. The Bertz CT molecular complexity index is 928. The van der Waals surface area contributed by atoms with Crippen LogP contribution >= 0.6 is 30.1 Å². The van der Waals surface area contributed by atoms with Gasteiger partial charge in [-0.3, -0.25) is 0 Å². The Morgan fingerprint density at radius 1 is 0.245 bits per heavy atom. The molecule has 320 valence electrons. The minimum atomic E-state index is -4.16. The van der Waals surface area contributed by atoms with Crippen LogP contribution in [0.5, 0.6) is 0 Å². The summed E-state index contributed by atoms with van der Waals surface area (Å²) in [6.45, 7) is 54.6. The second-order valence-corrected chi connectivity index (χ2v) is 24.1. The topological polar surface area (TPSA) is 83.3 Å². The van der Waals surface area contributed by atoms with Gasteiger partial charge in [0.2, 0.25) is 0 Å². The van der Waals surface area contributed by atoms with Crippen LogP contribution in [0.1, 0.15) is 125 Å². The Hall–Kier alpha value is 0.560. The standard InChI is InChI=1S/C36H90N12OP4/c1-19-40(20-2)51(41(21-3)22-4,42(23-5)24-6)37-50(49,38-52(43(25-7)26-8,44(27-9)28-10)45(29-11)30-12)39-53(46(31-13)32-14,47(33-15)34-16)48(35-17)36-18/h19-36H2,1-18H3. The summed E-state index contributed by atoms with van der Waals surface area (Å²) in [5, 5.41) is 0. The van der Waals surface area contributed by atoms with Crippen LogP contribution in [0.4, 0.5) is 0 Å². The highest BCUT2D eigenvalue weighted by Crippen LogP contribution is 2.78. The molecule has 17 heteroatoms. The lowest BCUT2D eigenvalue weighted by Crippen LogP contribution is -2.42. The third-order valence-corrected chi connectivity index (χ3v) is 28.3. The summed E-state index contributed by atoms with van der Waals surface area (Å²) in [6.07, 6.45) is 0. The molecular formula is C36H90N12OP4. The molecule has 0 saturated carbocycles. The van der Waals surface area contributed by atoms with Crippen molar-refractivity contribution in [1.82, 2.24) is 42.0 Å². The molecule has 0 aliphatic carbocycles. The largest absolute Gasteiger partial charge is 0.421 e. The average Bonchev–Trinajstić information content (AvgIpc) is 3.15. The van der Waals surface area contributed by atoms with Gasteiger partial charge in [-0.15, -0.1) is 0 Å². The predicted molar refractivity (Wildman–Crippen MR) is 242 cm³/mol. The Balaban J connectivity index is 10.4. The molecule has 13 nitrogen and oxygen atoms in total. The van der Waals surface area contributed by atoms with Crippen molar-refractivity contribution in [3.05, 3.63) is 0 Å². The van der Waals surface area contributed by atoms with Gasteiger partial charge in [-0.25, -0.2) is 46.6 Å². The fraction of sp³-hybridized carbons (Fsp3) is 1.00. The van der Waals surface area contributed by atoms with Crippen LogP contribution < -0.4 is 0 Å².